The van der Waals surface area contributed by atoms with Gasteiger partial charge in [0.1, 0.15) is 0 Å². The van der Waals surface area contributed by atoms with Crippen molar-refractivity contribution in [2.45, 2.75) is 32.3 Å². The highest BCUT2D eigenvalue weighted by molar-refractivity contribution is 5.92. The molecule has 2 N–H and O–H groups in total. The van der Waals surface area contributed by atoms with Gasteiger partial charge in [0.2, 0.25) is 5.91 Å². The number of carbonyl (C=O) groups excluding carboxylic acids is 1. The molecule has 112 valence electrons. The van der Waals surface area contributed by atoms with E-state index in [2.05, 4.69) is 5.32 Å². The summed E-state index contributed by atoms with van der Waals surface area (Å²) in [6.45, 7) is 2.63. The summed E-state index contributed by atoms with van der Waals surface area (Å²) < 4.78 is 5.44. The van der Waals surface area contributed by atoms with Crippen molar-refractivity contribution in [3.8, 4) is 0 Å². The summed E-state index contributed by atoms with van der Waals surface area (Å²) in [4.78, 5) is 22.5. The number of nitrogens with one attached hydrogen (secondary N) is 1. The number of aryl methyl sites for hydroxylation is 1. The smallest absolute Gasteiger partial charge is 0.328 e. The quantitative estimate of drug-likeness (QED) is 0.817. The zero-order valence-electron chi connectivity index (χ0n) is 12.0. The number of hydrogen-bond donors (Lipinski definition) is 2. The molecule has 1 unspecified atom stereocenters. The van der Waals surface area contributed by atoms with E-state index in [-0.39, 0.29) is 12.0 Å². The lowest BCUT2D eigenvalue weighted by Crippen LogP contribution is -2.19. The maximum Gasteiger partial charge on any atom is 0.328 e. The van der Waals surface area contributed by atoms with Gasteiger partial charge in [-0.25, -0.2) is 4.79 Å². The minimum Gasteiger partial charge on any atom is -0.478 e. The van der Waals surface area contributed by atoms with Crippen molar-refractivity contribution in [1.29, 1.82) is 0 Å². The van der Waals surface area contributed by atoms with Gasteiger partial charge in [0.15, 0.2) is 0 Å². The van der Waals surface area contributed by atoms with Gasteiger partial charge in [-0.1, -0.05) is 6.07 Å². The van der Waals surface area contributed by atoms with E-state index >= 15 is 0 Å². The molecule has 1 aromatic carbocycles. The van der Waals surface area contributed by atoms with Crippen LogP contribution in [0.1, 0.15) is 30.4 Å². The van der Waals surface area contributed by atoms with Crippen molar-refractivity contribution in [1.82, 2.24) is 0 Å². The predicted molar refractivity (Wildman–Crippen MR) is 80.1 cm³/mol. The first-order valence-corrected chi connectivity index (χ1v) is 6.97. The third-order valence-corrected chi connectivity index (χ3v) is 3.24. The largest absolute Gasteiger partial charge is 0.478 e. The topological polar surface area (TPSA) is 75.6 Å². The Labute approximate surface area is 123 Å². The fourth-order valence-electron chi connectivity index (χ4n) is 2.37. The van der Waals surface area contributed by atoms with Crippen LogP contribution >= 0.6 is 0 Å². The van der Waals surface area contributed by atoms with Crippen LogP contribution in [0.2, 0.25) is 0 Å². The fourth-order valence-corrected chi connectivity index (χ4v) is 2.37. The van der Waals surface area contributed by atoms with Crippen LogP contribution in [0.5, 0.6) is 0 Å². The highest BCUT2D eigenvalue weighted by atomic mass is 16.5. The average Bonchev–Trinajstić information content (AvgIpc) is 2.88. The molecule has 1 heterocycles. The SMILES string of the molecule is Cc1cc(/C=C/C(=O)O)cc(NC(=O)CC2CCCO2)c1. The summed E-state index contributed by atoms with van der Waals surface area (Å²) in [5.74, 6) is -1.08. The Balaban J connectivity index is 2.01. The molecule has 1 aliphatic rings. The zero-order chi connectivity index (χ0) is 15.2. The van der Waals surface area contributed by atoms with E-state index in [9.17, 15) is 9.59 Å². The highest BCUT2D eigenvalue weighted by Gasteiger charge is 2.19. The third-order valence-electron chi connectivity index (χ3n) is 3.24. The molecule has 1 aromatic rings. The summed E-state index contributed by atoms with van der Waals surface area (Å²) in [6, 6.07) is 5.46. The Kier molecular flexibility index (Phi) is 5.11. The summed E-state index contributed by atoms with van der Waals surface area (Å²) in [7, 11) is 0. The number of carboxylic acids is 1. The van der Waals surface area contributed by atoms with Crippen LogP contribution in [0, 0.1) is 6.92 Å². The van der Waals surface area contributed by atoms with Crippen LogP contribution in [0.3, 0.4) is 0 Å². The van der Waals surface area contributed by atoms with Crippen molar-refractivity contribution >= 4 is 23.6 Å². The molecule has 5 heteroatoms. The number of hydrogen-bond acceptors (Lipinski definition) is 3. The third kappa shape index (κ3) is 5.04. The summed E-state index contributed by atoms with van der Waals surface area (Å²) in [5.41, 5.74) is 2.36. The molecule has 0 spiro atoms. The summed E-state index contributed by atoms with van der Waals surface area (Å²) >= 11 is 0. The van der Waals surface area contributed by atoms with Crippen molar-refractivity contribution < 1.29 is 19.4 Å². The van der Waals surface area contributed by atoms with E-state index in [1.54, 1.807) is 6.07 Å². The first kappa shape index (κ1) is 15.3. The maximum absolute atomic E-state index is 12.0. The standard InChI is InChI=1S/C16H19NO4/c1-11-7-12(4-5-16(19)20)9-13(8-11)17-15(18)10-14-3-2-6-21-14/h4-5,7-9,14H,2-3,6,10H2,1H3,(H,17,18)(H,19,20)/b5-4+. The van der Waals surface area contributed by atoms with Crippen LogP contribution in [0.15, 0.2) is 24.3 Å². The van der Waals surface area contributed by atoms with Gasteiger partial charge in [-0.05, 0) is 49.1 Å². The van der Waals surface area contributed by atoms with Gasteiger partial charge in [-0.3, -0.25) is 4.79 Å². The molecule has 0 aliphatic carbocycles. The lowest BCUT2D eigenvalue weighted by Gasteiger charge is -2.11. The molecule has 0 radical (unpaired) electrons. The minimum absolute atomic E-state index is 0.0150. The summed E-state index contributed by atoms with van der Waals surface area (Å²) in [6.07, 6.45) is 4.88. The number of anilines is 1. The Morgan fingerprint density at radius 1 is 1.43 bits per heavy atom. The molecule has 0 bridgehead atoms. The number of ether oxygens (including phenoxy) is 1. The van der Waals surface area contributed by atoms with E-state index in [0.717, 1.165) is 36.7 Å². The number of carbonyl (C=O) groups is 2. The first-order chi connectivity index (χ1) is 10.0. The lowest BCUT2D eigenvalue weighted by atomic mass is 10.1. The first-order valence-electron chi connectivity index (χ1n) is 6.97. The molecule has 1 atom stereocenters. The molecule has 2 rings (SSSR count). The van der Waals surface area contributed by atoms with Gasteiger partial charge in [0.05, 0.1) is 12.5 Å². The fraction of sp³-hybridized carbons (Fsp3) is 0.375. The lowest BCUT2D eigenvalue weighted by molar-refractivity contribution is -0.131. The number of rotatable bonds is 5. The van der Waals surface area contributed by atoms with Crippen molar-refractivity contribution in [2.24, 2.45) is 0 Å². The second-order valence-corrected chi connectivity index (χ2v) is 5.19. The molecule has 1 saturated heterocycles. The van der Waals surface area contributed by atoms with Crippen LogP contribution in [-0.2, 0) is 14.3 Å². The molecular weight excluding hydrogens is 270 g/mol. The van der Waals surface area contributed by atoms with Gasteiger partial charge >= 0.3 is 5.97 Å². The molecular formula is C16H19NO4. The molecule has 1 amide bonds. The number of carboxylic acid groups (broad SMARTS) is 1. The van der Waals surface area contributed by atoms with E-state index in [1.807, 2.05) is 19.1 Å². The van der Waals surface area contributed by atoms with Crippen LogP contribution in [0.4, 0.5) is 5.69 Å². The van der Waals surface area contributed by atoms with Crippen molar-refractivity contribution in [2.75, 3.05) is 11.9 Å². The molecule has 5 nitrogen and oxygen atoms in total. The maximum atomic E-state index is 12.0. The monoisotopic (exact) mass is 289 g/mol. The highest BCUT2D eigenvalue weighted by Crippen LogP contribution is 2.19. The van der Waals surface area contributed by atoms with E-state index in [4.69, 9.17) is 9.84 Å². The molecule has 1 fully saturated rings. The van der Waals surface area contributed by atoms with Crippen LogP contribution < -0.4 is 5.32 Å². The molecule has 21 heavy (non-hydrogen) atoms. The normalized spacial score (nSPS) is 18.0. The zero-order valence-corrected chi connectivity index (χ0v) is 12.0. The molecule has 1 aliphatic heterocycles. The van der Waals surface area contributed by atoms with Crippen LogP contribution in [-0.4, -0.2) is 29.7 Å². The summed E-state index contributed by atoms with van der Waals surface area (Å²) in [5, 5.41) is 11.5. The van der Waals surface area contributed by atoms with Gasteiger partial charge in [-0.15, -0.1) is 0 Å². The minimum atomic E-state index is -1.000. The Hall–Kier alpha value is -2.14. The van der Waals surface area contributed by atoms with Gasteiger partial charge in [0.25, 0.3) is 0 Å². The second kappa shape index (κ2) is 7.04. The number of benzene rings is 1. The Morgan fingerprint density at radius 3 is 2.90 bits per heavy atom. The predicted octanol–water partition coefficient (Wildman–Crippen LogP) is 2.60. The van der Waals surface area contributed by atoms with E-state index in [0.29, 0.717) is 12.1 Å². The molecule has 0 saturated carbocycles. The van der Waals surface area contributed by atoms with Crippen molar-refractivity contribution in [3.05, 3.63) is 35.4 Å². The number of aliphatic carboxylic acids is 1. The van der Waals surface area contributed by atoms with Gasteiger partial charge in [0, 0.05) is 18.4 Å². The molecule has 0 aromatic heterocycles. The second-order valence-electron chi connectivity index (χ2n) is 5.19. The van der Waals surface area contributed by atoms with Crippen LogP contribution in [0.25, 0.3) is 6.08 Å². The number of amides is 1. The van der Waals surface area contributed by atoms with Crippen molar-refractivity contribution in [3.63, 3.8) is 0 Å². The van der Waals surface area contributed by atoms with Gasteiger partial charge < -0.3 is 15.2 Å². The Bertz CT molecular complexity index is 559. The van der Waals surface area contributed by atoms with E-state index < -0.39 is 5.97 Å². The van der Waals surface area contributed by atoms with Gasteiger partial charge in [-0.2, -0.15) is 0 Å². The average molecular weight is 289 g/mol. The van der Waals surface area contributed by atoms with E-state index in [1.165, 1.54) is 6.08 Å². The Morgan fingerprint density at radius 2 is 2.24 bits per heavy atom.